The first kappa shape index (κ1) is 15.2. The van der Waals surface area contributed by atoms with Gasteiger partial charge in [-0.2, -0.15) is 0 Å². The number of fused-ring (bicyclic) bond motifs is 1. The number of carbonyl (C=O) groups excluding carboxylic acids is 1. The highest BCUT2D eigenvalue weighted by molar-refractivity contribution is 5.76. The van der Waals surface area contributed by atoms with Crippen molar-refractivity contribution in [2.75, 3.05) is 0 Å². The topological polar surface area (TPSA) is 110 Å². The van der Waals surface area contributed by atoms with E-state index in [1.54, 1.807) is 0 Å². The number of hydrogen-bond donors (Lipinski definition) is 5. The van der Waals surface area contributed by atoms with Crippen LogP contribution in [0.3, 0.4) is 0 Å². The minimum atomic E-state index is -0.136. The fourth-order valence-electron chi connectivity index (χ4n) is 4.41. The molecule has 6 heteroatoms. The fraction of sp³-hybridized carbons (Fsp3) is 0.933. The largest absolute Gasteiger partial charge is 0.369 e. The zero-order valence-electron chi connectivity index (χ0n) is 12.8. The zero-order chi connectivity index (χ0) is 14.8. The molecule has 1 amide bonds. The van der Waals surface area contributed by atoms with Crippen LogP contribution in [0.25, 0.3) is 0 Å². The van der Waals surface area contributed by atoms with Crippen molar-refractivity contribution in [1.29, 1.82) is 0 Å². The van der Waals surface area contributed by atoms with Gasteiger partial charge in [-0.3, -0.25) is 10.1 Å². The third kappa shape index (κ3) is 3.56. The van der Waals surface area contributed by atoms with E-state index in [9.17, 15) is 4.79 Å². The molecule has 0 bridgehead atoms. The molecule has 2 aliphatic carbocycles. The van der Waals surface area contributed by atoms with Crippen molar-refractivity contribution >= 4 is 5.91 Å². The summed E-state index contributed by atoms with van der Waals surface area (Å²) in [6.45, 7) is 0. The summed E-state index contributed by atoms with van der Waals surface area (Å²) >= 11 is 0. The third-order valence-electron chi connectivity index (χ3n) is 5.69. The number of rotatable bonds is 3. The van der Waals surface area contributed by atoms with E-state index in [1.807, 2.05) is 0 Å². The van der Waals surface area contributed by atoms with Crippen LogP contribution >= 0.6 is 0 Å². The van der Waals surface area contributed by atoms with Crippen LogP contribution in [0, 0.1) is 11.8 Å². The average Bonchev–Trinajstić information content (AvgIpc) is 2.48. The second kappa shape index (κ2) is 6.60. The molecular formula is C15H30N5O+. The minimum Gasteiger partial charge on any atom is -0.369 e. The highest BCUT2D eigenvalue weighted by atomic mass is 16.1. The van der Waals surface area contributed by atoms with Gasteiger partial charge in [-0.1, -0.05) is 6.42 Å². The van der Waals surface area contributed by atoms with Crippen LogP contribution < -0.4 is 27.4 Å². The molecule has 3 aliphatic rings. The molecule has 6 nitrogen and oxygen atoms in total. The van der Waals surface area contributed by atoms with Gasteiger partial charge < -0.3 is 16.8 Å². The van der Waals surface area contributed by atoms with Gasteiger partial charge in [0.15, 0.2) is 6.29 Å². The zero-order valence-corrected chi connectivity index (χ0v) is 12.8. The highest BCUT2D eigenvalue weighted by Crippen LogP contribution is 2.26. The van der Waals surface area contributed by atoms with Crippen LogP contribution in [0.2, 0.25) is 0 Å². The van der Waals surface area contributed by atoms with Crippen molar-refractivity contribution in [2.24, 2.45) is 23.3 Å². The minimum absolute atomic E-state index is 0.0799. The fourth-order valence-corrected chi connectivity index (χ4v) is 4.41. The van der Waals surface area contributed by atoms with Gasteiger partial charge in [-0.25, -0.2) is 5.32 Å². The van der Waals surface area contributed by atoms with E-state index in [2.05, 4.69) is 16.0 Å². The summed E-state index contributed by atoms with van der Waals surface area (Å²) < 4.78 is 0. The molecule has 1 saturated heterocycles. The molecule has 8 N–H and O–H groups in total. The lowest BCUT2D eigenvalue weighted by Gasteiger charge is -2.43. The summed E-state index contributed by atoms with van der Waals surface area (Å²) in [4.78, 5) is 11.2. The average molecular weight is 296 g/mol. The van der Waals surface area contributed by atoms with Gasteiger partial charge in [-0.05, 0) is 44.9 Å². The molecular weight excluding hydrogens is 266 g/mol. The Morgan fingerprint density at radius 3 is 2.52 bits per heavy atom. The van der Waals surface area contributed by atoms with Gasteiger partial charge in [0.05, 0.1) is 12.2 Å². The Bertz CT molecular complexity index is 369. The van der Waals surface area contributed by atoms with E-state index in [0.29, 0.717) is 18.0 Å². The lowest BCUT2D eigenvalue weighted by Crippen LogP contribution is -3.06. The summed E-state index contributed by atoms with van der Waals surface area (Å²) in [7, 11) is 0. The molecule has 21 heavy (non-hydrogen) atoms. The van der Waals surface area contributed by atoms with Crippen LogP contribution in [0.15, 0.2) is 0 Å². The molecule has 3 rings (SSSR count). The molecule has 4 unspecified atom stereocenters. The number of nitrogens with two attached hydrogens (primary N) is 3. The number of hydrogen-bond acceptors (Lipinski definition) is 4. The van der Waals surface area contributed by atoms with Crippen LogP contribution in [-0.2, 0) is 4.79 Å². The van der Waals surface area contributed by atoms with Crippen molar-refractivity contribution in [3.63, 3.8) is 0 Å². The lowest BCUT2D eigenvalue weighted by atomic mass is 9.81. The molecule has 0 aromatic heterocycles. The first-order valence-corrected chi connectivity index (χ1v) is 8.55. The van der Waals surface area contributed by atoms with E-state index in [1.165, 1.54) is 25.7 Å². The molecule has 1 heterocycles. The first-order chi connectivity index (χ1) is 10.1. The Morgan fingerprint density at radius 1 is 1.10 bits per heavy atom. The maximum atomic E-state index is 11.2. The summed E-state index contributed by atoms with van der Waals surface area (Å²) in [5.74, 6) is 0.557. The monoisotopic (exact) mass is 296 g/mol. The van der Waals surface area contributed by atoms with Crippen molar-refractivity contribution in [1.82, 2.24) is 10.6 Å². The molecule has 2 saturated carbocycles. The van der Waals surface area contributed by atoms with Crippen molar-refractivity contribution in [3.8, 4) is 0 Å². The molecule has 0 spiro atoms. The van der Waals surface area contributed by atoms with Crippen LogP contribution in [0.4, 0.5) is 0 Å². The van der Waals surface area contributed by atoms with Crippen molar-refractivity contribution in [2.45, 2.75) is 75.9 Å². The SMILES string of the molecule is NC(=O)C1CCC(NC2NC(N)C3CCCCC3[NH2+]2)CC1. The van der Waals surface area contributed by atoms with Gasteiger partial charge >= 0.3 is 0 Å². The van der Waals surface area contributed by atoms with Crippen molar-refractivity contribution < 1.29 is 10.1 Å². The summed E-state index contributed by atoms with van der Waals surface area (Å²) in [6.07, 6.45) is 9.41. The van der Waals surface area contributed by atoms with E-state index < -0.39 is 0 Å². The molecule has 4 atom stereocenters. The third-order valence-corrected chi connectivity index (χ3v) is 5.69. The lowest BCUT2D eigenvalue weighted by molar-refractivity contribution is -0.750. The van der Waals surface area contributed by atoms with Crippen molar-refractivity contribution in [3.05, 3.63) is 0 Å². The van der Waals surface area contributed by atoms with Gasteiger partial charge in [0.2, 0.25) is 5.91 Å². The predicted octanol–water partition coefficient (Wildman–Crippen LogP) is -1.09. The smallest absolute Gasteiger partial charge is 0.220 e. The Morgan fingerprint density at radius 2 is 1.81 bits per heavy atom. The predicted molar refractivity (Wildman–Crippen MR) is 80.6 cm³/mol. The van der Waals surface area contributed by atoms with E-state index in [-0.39, 0.29) is 24.3 Å². The van der Waals surface area contributed by atoms with Gasteiger partial charge in [0, 0.05) is 17.9 Å². The van der Waals surface area contributed by atoms with E-state index >= 15 is 0 Å². The number of amides is 1. The summed E-state index contributed by atoms with van der Waals surface area (Å²) in [5, 5.41) is 9.64. The number of primary amides is 1. The van der Waals surface area contributed by atoms with Crippen LogP contribution in [0.1, 0.15) is 51.4 Å². The molecule has 0 aromatic carbocycles. The van der Waals surface area contributed by atoms with Crippen LogP contribution in [0.5, 0.6) is 0 Å². The molecule has 1 aliphatic heterocycles. The standard InChI is InChI=1S/C15H29N5O/c16-13-11-3-1-2-4-12(11)19-15(20-13)18-10-7-5-9(6-8-10)14(17)21/h9-13,15,18-20H,1-8,16H2,(H2,17,21)/p+1. The second-order valence-electron chi connectivity index (χ2n) is 7.09. The Balaban J connectivity index is 1.48. The quantitative estimate of drug-likeness (QED) is 0.456. The van der Waals surface area contributed by atoms with E-state index in [0.717, 1.165) is 25.7 Å². The normalized spacial score (nSPS) is 44.0. The number of carbonyl (C=O) groups is 1. The van der Waals surface area contributed by atoms with Gasteiger partial charge in [-0.15, -0.1) is 0 Å². The first-order valence-electron chi connectivity index (χ1n) is 8.55. The second-order valence-corrected chi connectivity index (χ2v) is 7.09. The van der Waals surface area contributed by atoms with Gasteiger partial charge in [0.25, 0.3) is 0 Å². The molecule has 3 fully saturated rings. The molecule has 0 radical (unpaired) electrons. The number of quaternary nitrogens is 1. The Kier molecular flexibility index (Phi) is 4.78. The number of nitrogens with one attached hydrogen (secondary N) is 2. The maximum Gasteiger partial charge on any atom is 0.220 e. The Hall–Kier alpha value is -0.690. The van der Waals surface area contributed by atoms with Gasteiger partial charge in [0.1, 0.15) is 0 Å². The Labute approximate surface area is 126 Å². The maximum absolute atomic E-state index is 11.2. The molecule has 120 valence electrons. The summed E-state index contributed by atoms with van der Waals surface area (Å²) in [6, 6.07) is 1.14. The molecule has 0 aromatic rings. The van der Waals surface area contributed by atoms with E-state index in [4.69, 9.17) is 11.5 Å². The summed E-state index contributed by atoms with van der Waals surface area (Å²) in [5.41, 5.74) is 11.7. The highest BCUT2D eigenvalue weighted by Gasteiger charge is 2.40. The van der Waals surface area contributed by atoms with Crippen LogP contribution in [-0.4, -0.2) is 30.4 Å².